The predicted octanol–water partition coefficient (Wildman–Crippen LogP) is 6.53. The van der Waals surface area contributed by atoms with Gasteiger partial charge >= 0.3 is 5.97 Å². The number of esters is 1. The highest BCUT2D eigenvalue weighted by molar-refractivity contribution is 5.97. The molecule has 0 saturated heterocycles. The lowest BCUT2D eigenvalue weighted by atomic mass is 9.76. The van der Waals surface area contributed by atoms with E-state index in [4.69, 9.17) is 19.2 Å². The molecule has 0 unspecified atom stereocenters. The zero-order chi connectivity index (χ0) is 43.9. The van der Waals surface area contributed by atoms with Crippen molar-refractivity contribution in [2.24, 2.45) is 23.2 Å². The highest BCUT2D eigenvalue weighted by Gasteiger charge is 2.62. The van der Waals surface area contributed by atoms with Gasteiger partial charge in [0.15, 0.2) is 0 Å². The average molecular weight is 838 g/mol. The molecule has 6 atom stereocenters. The summed E-state index contributed by atoms with van der Waals surface area (Å²) < 4.78 is 17.7. The van der Waals surface area contributed by atoms with Gasteiger partial charge in [0.1, 0.15) is 29.2 Å². The summed E-state index contributed by atoms with van der Waals surface area (Å²) in [7, 11) is 3.38. The monoisotopic (exact) mass is 837 g/mol. The lowest BCUT2D eigenvalue weighted by Crippen LogP contribution is -2.58. The molecule has 1 aromatic heterocycles. The Hall–Kier alpha value is -5.46. The molecule has 3 N–H and O–H groups in total. The van der Waals surface area contributed by atoms with Crippen molar-refractivity contribution in [1.29, 1.82) is 0 Å². The summed E-state index contributed by atoms with van der Waals surface area (Å²) in [5.41, 5.74) is 0.254. The second kappa shape index (κ2) is 19.5. The second-order valence-corrected chi connectivity index (χ2v) is 17.2. The Labute approximate surface area is 359 Å². The van der Waals surface area contributed by atoms with E-state index < -0.39 is 58.6 Å². The van der Waals surface area contributed by atoms with Crippen molar-refractivity contribution in [3.05, 3.63) is 67.3 Å². The number of aromatic nitrogens is 1. The molecule has 13 nitrogen and oxygen atoms in total. The quantitative estimate of drug-likeness (QED) is 0.0955. The molecule has 3 fully saturated rings. The van der Waals surface area contributed by atoms with Crippen molar-refractivity contribution in [3.8, 4) is 22.8 Å². The van der Waals surface area contributed by atoms with E-state index in [1.54, 1.807) is 32.1 Å². The van der Waals surface area contributed by atoms with Crippen LogP contribution in [0, 0.1) is 23.2 Å². The first-order valence-electron chi connectivity index (χ1n) is 22.0. The van der Waals surface area contributed by atoms with Gasteiger partial charge in [0.05, 0.1) is 43.3 Å². The van der Waals surface area contributed by atoms with Crippen LogP contribution in [0.4, 0.5) is 0 Å². The van der Waals surface area contributed by atoms with Crippen molar-refractivity contribution in [1.82, 2.24) is 25.8 Å². The fraction of sp³-hybridized carbons (Fsp3) is 0.542. The van der Waals surface area contributed by atoms with Crippen molar-refractivity contribution < 1.29 is 38.2 Å². The van der Waals surface area contributed by atoms with Gasteiger partial charge in [-0.1, -0.05) is 76.4 Å². The predicted molar refractivity (Wildman–Crippen MR) is 233 cm³/mol. The SMILES string of the molecule is C=C[C@@H]1C[C@]1(NC(=O)[C@@H]1C[C@@H](Oc2cc(-c3ccccc3)nc3cc(OC)ccc23)C[C@H]1C(=O)N[C@H](C(=O)NCC(=O)N(C)C1CCCCC1)C(C)(CC)CC)C(=O)OCC. The standard InChI is InChI=1S/C48H63N5O8/c1-8-31-28-48(31,46(58)60-11-4)52-44(56)37-25-34(61-40-27-38(30-18-14-12-15-19-30)50-39-26-33(59-7)22-23-35(39)40)24-36(37)43(55)51-42(47(5,9-2)10-3)45(57)49-29-41(54)53(6)32-20-16-13-17-21-32/h8,12,14-15,18-19,22-23,26-27,31-32,34,36-37,42H,1,9-11,13,16-17,20-21,24-25,28-29H2,2-7H3,(H,49,57)(H,51,55)(H,52,56)/t31-,34+,36-,37-,42-,48-/m1/s1. The molecule has 61 heavy (non-hydrogen) atoms. The molecule has 3 aliphatic rings. The zero-order valence-corrected chi connectivity index (χ0v) is 36.6. The van der Waals surface area contributed by atoms with Gasteiger partial charge in [-0.3, -0.25) is 19.2 Å². The first-order chi connectivity index (χ1) is 29.3. The number of likely N-dealkylation sites (N-methyl/N-ethyl adjacent to an activating group) is 1. The molecule has 13 heteroatoms. The summed E-state index contributed by atoms with van der Waals surface area (Å²) in [5.74, 6) is -3.18. The number of nitrogens with one attached hydrogen (secondary N) is 3. The van der Waals surface area contributed by atoms with E-state index in [0.29, 0.717) is 42.0 Å². The Morgan fingerprint density at radius 2 is 1.66 bits per heavy atom. The Morgan fingerprint density at radius 3 is 2.28 bits per heavy atom. The Kier molecular flexibility index (Phi) is 14.4. The average Bonchev–Trinajstić information content (AvgIpc) is 3.85. The van der Waals surface area contributed by atoms with E-state index in [2.05, 4.69) is 22.5 Å². The number of pyridine rings is 1. The number of benzene rings is 2. The number of carbonyl (C=O) groups is 5. The van der Waals surface area contributed by atoms with Gasteiger partial charge in [-0.15, -0.1) is 6.58 Å². The van der Waals surface area contributed by atoms with Crippen LogP contribution in [-0.2, 0) is 28.7 Å². The third-order valence-corrected chi connectivity index (χ3v) is 13.6. The molecule has 0 bridgehead atoms. The number of hydrogen-bond donors (Lipinski definition) is 3. The van der Waals surface area contributed by atoms with Crippen LogP contribution in [0.25, 0.3) is 22.2 Å². The molecule has 3 saturated carbocycles. The summed E-state index contributed by atoms with van der Waals surface area (Å²) in [6.45, 7) is 11.4. The van der Waals surface area contributed by atoms with Crippen LogP contribution in [0.15, 0.2) is 67.3 Å². The van der Waals surface area contributed by atoms with Gasteiger partial charge < -0.3 is 35.1 Å². The van der Waals surface area contributed by atoms with Crippen LogP contribution in [0.2, 0.25) is 0 Å². The van der Waals surface area contributed by atoms with Crippen LogP contribution < -0.4 is 25.4 Å². The minimum absolute atomic E-state index is 0.140. The van der Waals surface area contributed by atoms with Crippen molar-refractivity contribution in [3.63, 3.8) is 0 Å². The molecule has 6 rings (SSSR count). The Balaban J connectivity index is 1.29. The largest absolute Gasteiger partial charge is 0.497 e. The fourth-order valence-corrected chi connectivity index (χ4v) is 9.10. The third kappa shape index (κ3) is 9.86. The molecule has 1 heterocycles. The molecule has 0 radical (unpaired) electrons. The Bertz CT molecular complexity index is 2080. The van der Waals surface area contributed by atoms with E-state index in [1.165, 1.54) is 0 Å². The lowest BCUT2D eigenvalue weighted by Gasteiger charge is -2.37. The first kappa shape index (κ1) is 45.1. The number of rotatable bonds is 18. The summed E-state index contributed by atoms with van der Waals surface area (Å²) in [5, 5.41) is 9.60. The van der Waals surface area contributed by atoms with Gasteiger partial charge in [-0.2, -0.15) is 0 Å². The molecule has 4 amide bonds. The first-order valence-corrected chi connectivity index (χ1v) is 22.0. The highest BCUT2D eigenvalue weighted by atomic mass is 16.5. The van der Waals surface area contributed by atoms with Gasteiger partial charge in [0.25, 0.3) is 0 Å². The topological polar surface area (TPSA) is 165 Å². The summed E-state index contributed by atoms with van der Waals surface area (Å²) in [6.07, 6.45) is 7.96. The summed E-state index contributed by atoms with van der Waals surface area (Å²) in [4.78, 5) is 76.5. The van der Waals surface area contributed by atoms with Crippen molar-refractivity contribution in [2.75, 3.05) is 27.3 Å². The number of carbonyl (C=O) groups excluding carboxylic acids is 5. The van der Waals surface area contributed by atoms with Crippen LogP contribution in [-0.4, -0.2) is 90.5 Å². The molecule has 0 spiro atoms. The minimum atomic E-state index is -1.28. The molecule has 2 aromatic carbocycles. The normalized spacial score (nSPS) is 23.0. The molecule has 3 aliphatic carbocycles. The number of ether oxygens (including phenoxy) is 3. The van der Waals surface area contributed by atoms with Gasteiger partial charge in [-0.25, -0.2) is 9.78 Å². The van der Waals surface area contributed by atoms with Gasteiger partial charge in [0.2, 0.25) is 23.6 Å². The van der Waals surface area contributed by atoms with E-state index in [1.807, 2.05) is 75.4 Å². The fourth-order valence-electron chi connectivity index (χ4n) is 9.10. The van der Waals surface area contributed by atoms with E-state index in [9.17, 15) is 24.0 Å². The third-order valence-electron chi connectivity index (χ3n) is 13.6. The van der Waals surface area contributed by atoms with Crippen molar-refractivity contribution in [2.45, 2.75) is 116 Å². The van der Waals surface area contributed by atoms with Crippen LogP contribution in [0.5, 0.6) is 11.5 Å². The molecular weight excluding hydrogens is 775 g/mol. The van der Waals surface area contributed by atoms with Gasteiger partial charge in [0, 0.05) is 42.1 Å². The zero-order valence-electron chi connectivity index (χ0n) is 36.6. The molecule has 0 aliphatic heterocycles. The smallest absolute Gasteiger partial charge is 0.332 e. The van der Waals surface area contributed by atoms with Crippen LogP contribution in [0.3, 0.4) is 0 Å². The van der Waals surface area contributed by atoms with Crippen molar-refractivity contribution >= 4 is 40.5 Å². The van der Waals surface area contributed by atoms with E-state index in [-0.39, 0.29) is 43.9 Å². The second-order valence-electron chi connectivity index (χ2n) is 17.2. The number of fused-ring (bicyclic) bond motifs is 1. The minimum Gasteiger partial charge on any atom is -0.497 e. The number of amides is 4. The maximum Gasteiger partial charge on any atom is 0.332 e. The molecular formula is C48H63N5O8. The van der Waals surface area contributed by atoms with Gasteiger partial charge in [-0.05, 0) is 69.4 Å². The lowest BCUT2D eigenvalue weighted by molar-refractivity contribution is -0.150. The Morgan fingerprint density at radius 1 is 0.967 bits per heavy atom. The number of methoxy groups -OCH3 is 1. The maximum atomic E-state index is 14.7. The molecule has 3 aromatic rings. The highest BCUT2D eigenvalue weighted by Crippen LogP contribution is 2.47. The van der Waals surface area contributed by atoms with Crippen LogP contribution in [0.1, 0.15) is 91.9 Å². The summed E-state index contributed by atoms with van der Waals surface area (Å²) >= 11 is 0. The molecule has 328 valence electrons. The van der Waals surface area contributed by atoms with E-state index in [0.717, 1.165) is 43.1 Å². The maximum absolute atomic E-state index is 14.7. The van der Waals surface area contributed by atoms with Crippen LogP contribution >= 0.6 is 0 Å². The van der Waals surface area contributed by atoms with E-state index >= 15 is 0 Å². The number of hydrogen-bond acceptors (Lipinski definition) is 9. The summed E-state index contributed by atoms with van der Waals surface area (Å²) in [6, 6.07) is 16.2. The number of nitrogens with zero attached hydrogens (tertiary/aromatic N) is 2.